The van der Waals surface area contributed by atoms with Crippen LogP contribution in [-0.4, -0.2) is 82.5 Å². The molecular formula is C19H26N4O4. The average Bonchev–Trinajstić information content (AvgIpc) is 3.21. The molecule has 2 aliphatic heterocycles. The Balaban J connectivity index is 1.61. The van der Waals surface area contributed by atoms with Gasteiger partial charge in [-0.25, -0.2) is 4.98 Å². The lowest BCUT2D eigenvalue weighted by Crippen LogP contribution is -2.53. The molecule has 4 heterocycles. The van der Waals surface area contributed by atoms with E-state index in [-0.39, 0.29) is 19.1 Å². The first-order chi connectivity index (χ1) is 13.0. The van der Waals surface area contributed by atoms with Crippen LogP contribution >= 0.6 is 0 Å². The summed E-state index contributed by atoms with van der Waals surface area (Å²) < 4.78 is 10.9. The second-order valence-corrected chi connectivity index (χ2v) is 7.75. The molecule has 4 rings (SSSR count). The average molecular weight is 374 g/mol. The number of carbonyl (C=O) groups excluding carboxylic acids is 1. The van der Waals surface area contributed by atoms with Crippen molar-refractivity contribution in [3.8, 4) is 0 Å². The van der Waals surface area contributed by atoms with Crippen LogP contribution in [0, 0.1) is 13.8 Å². The molecule has 27 heavy (non-hydrogen) atoms. The summed E-state index contributed by atoms with van der Waals surface area (Å²) in [7, 11) is 0. The second-order valence-electron chi connectivity index (χ2n) is 7.75. The molecule has 2 aromatic rings. The molecule has 2 aliphatic rings. The quantitative estimate of drug-likeness (QED) is 0.861. The monoisotopic (exact) mass is 374 g/mol. The van der Waals surface area contributed by atoms with E-state index in [4.69, 9.17) is 9.26 Å². The van der Waals surface area contributed by atoms with E-state index in [2.05, 4.69) is 15.0 Å². The van der Waals surface area contributed by atoms with Crippen LogP contribution in [0.1, 0.15) is 34.6 Å². The van der Waals surface area contributed by atoms with Crippen molar-refractivity contribution < 1.29 is 19.2 Å². The zero-order valence-corrected chi connectivity index (χ0v) is 15.9. The second kappa shape index (κ2) is 7.18. The highest BCUT2D eigenvalue weighted by Gasteiger charge is 2.37. The molecule has 8 heteroatoms. The number of rotatable bonds is 3. The van der Waals surface area contributed by atoms with Gasteiger partial charge in [0.15, 0.2) is 0 Å². The highest BCUT2D eigenvalue weighted by molar-refractivity contribution is 6.06. The van der Waals surface area contributed by atoms with E-state index in [1.165, 1.54) is 0 Å². The fourth-order valence-corrected chi connectivity index (χ4v) is 4.10. The molecule has 0 unspecified atom stereocenters. The van der Waals surface area contributed by atoms with Gasteiger partial charge in [0.2, 0.25) is 0 Å². The van der Waals surface area contributed by atoms with Crippen LogP contribution in [0.25, 0.3) is 11.1 Å². The number of aryl methyl sites for hydroxylation is 2. The van der Waals surface area contributed by atoms with E-state index in [1.807, 2.05) is 6.92 Å². The van der Waals surface area contributed by atoms with E-state index in [1.54, 1.807) is 17.9 Å². The van der Waals surface area contributed by atoms with Crippen LogP contribution in [0.15, 0.2) is 10.6 Å². The topological polar surface area (TPSA) is 91.9 Å². The largest absolute Gasteiger partial charge is 0.384 e. The Bertz CT molecular complexity index is 846. The van der Waals surface area contributed by atoms with Crippen LogP contribution in [0.2, 0.25) is 0 Å². The van der Waals surface area contributed by atoms with Crippen molar-refractivity contribution in [1.82, 2.24) is 19.9 Å². The molecule has 0 aliphatic carbocycles. The van der Waals surface area contributed by atoms with Gasteiger partial charge in [-0.2, -0.15) is 0 Å². The summed E-state index contributed by atoms with van der Waals surface area (Å²) >= 11 is 0. The molecule has 0 aromatic carbocycles. The number of aromatic nitrogens is 2. The minimum absolute atomic E-state index is 0.151. The minimum Gasteiger partial charge on any atom is -0.384 e. The number of likely N-dealkylation sites (tertiary alicyclic amines) is 1. The Hall–Kier alpha value is -2.03. The van der Waals surface area contributed by atoms with Gasteiger partial charge in [-0.15, -0.1) is 0 Å². The number of nitrogens with zero attached hydrogens (tertiary/aromatic N) is 4. The van der Waals surface area contributed by atoms with Crippen LogP contribution in [-0.2, 0) is 4.74 Å². The Morgan fingerprint density at radius 3 is 2.85 bits per heavy atom. The Kier molecular flexibility index (Phi) is 4.88. The lowest BCUT2D eigenvalue weighted by molar-refractivity contribution is -0.0524. The first kappa shape index (κ1) is 18.3. The lowest BCUT2D eigenvalue weighted by Gasteiger charge is -2.34. The van der Waals surface area contributed by atoms with Crippen molar-refractivity contribution in [1.29, 1.82) is 0 Å². The van der Waals surface area contributed by atoms with E-state index in [0.717, 1.165) is 25.9 Å². The molecule has 1 atom stereocenters. The van der Waals surface area contributed by atoms with Gasteiger partial charge in [-0.3, -0.25) is 4.79 Å². The summed E-state index contributed by atoms with van der Waals surface area (Å²) in [5.41, 5.74) is 1.15. The van der Waals surface area contributed by atoms with Crippen molar-refractivity contribution in [2.75, 3.05) is 45.9 Å². The van der Waals surface area contributed by atoms with E-state index in [0.29, 0.717) is 47.7 Å². The number of hydrogen-bond acceptors (Lipinski definition) is 7. The van der Waals surface area contributed by atoms with Crippen molar-refractivity contribution in [3.63, 3.8) is 0 Å². The Morgan fingerprint density at radius 1 is 1.30 bits per heavy atom. The number of ether oxygens (including phenoxy) is 1. The molecule has 146 valence electrons. The van der Waals surface area contributed by atoms with Gasteiger partial charge < -0.3 is 24.2 Å². The summed E-state index contributed by atoms with van der Waals surface area (Å²) in [6.45, 7) is 7.45. The molecule has 2 aromatic heterocycles. The van der Waals surface area contributed by atoms with Gasteiger partial charge in [0.1, 0.15) is 5.60 Å². The van der Waals surface area contributed by atoms with E-state index < -0.39 is 5.60 Å². The third-order valence-electron chi connectivity index (χ3n) is 5.34. The van der Waals surface area contributed by atoms with Crippen molar-refractivity contribution in [2.24, 2.45) is 0 Å². The molecule has 2 saturated heterocycles. The Labute approximate surface area is 158 Å². The molecule has 1 N–H and O–H groups in total. The first-order valence-electron chi connectivity index (χ1n) is 9.51. The van der Waals surface area contributed by atoms with Crippen LogP contribution in [0.3, 0.4) is 0 Å². The molecule has 0 spiro atoms. The van der Waals surface area contributed by atoms with Gasteiger partial charge in [0.05, 0.1) is 36.4 Å². The van der Waals surface area contributed by atoms with Gasteiger partial charge in [0, 0.05) is 18.8 Å². The van der Waals surface area contributed by atoms with E-state index >= 15 is 0 Å². The molecule has 1 amide bonds. The molecule has 0 saturated carbocycles. The number of amides is 1. The number of pyridine rings is 1. The standard InChI is InChI=1S/C19H26N4O4/c1-13-9-15(16-14(2)21-27-17(16)20-13)18(24)23-7-8-26-12-19(25,11-23)10-22-5-3-4-6-22/h9,25H,3-8,10-12H2,1-2H3/t19-/m1/s1. The molecular weight excluding hydrogens is 348 g/mol. The number of β-amino-alcohol motifs (C(OH)–C–C–N with tert-alkyl or cyclic N) is 1. The lowest BCUT2D eigenvalue weighted by atomic mass is 10.0. The zero-order valence-electron chi connectivity index (χ0n) is 15.9. The third kappa shape index (κ3) is 3.69. The van der Waals surface area contributed by atoms with Crippen molar-refractivity contribution >= 4 is 17.0 Å². The van der Waals surface area contributed by atoms with Gasteiger partial charge in [0.25, 0.3) is 11.6 Å². The fourth-order valence-electron chi connectivity index (χ4n) is 4.10. The summed E-state index contributed by atoms with van der Waals surface area (Å²) in [5, 5.41) is 15.7. The van der Waals surface area contributed by atoms with Crippen LogP contribution in [0.4, 0.5) is 0 Å². The van der Waals surface area contributed by atoms with Crippen LogP contribution in [0.5, 0.6) is 0 Å². The smallest absolute Gasteiger partial charge is 0.258 e. The summed E-state index contributed by atoms with van der Waals surface area (Å²) in [4.78, 5) is 21.6. The molecule has 8 nitrogen and oxygen atoms in total. The Morgan fingerprint density at radius 2 is 2.07 bits per heavy atom. The fraction of sp³-hybridized carbons (Fsp3) is 0.632. The van der Waals surface area contributed by atoms with Crippen molar-refractivity contribution in [3.05, 3.63) is 23.0 Å². The summed E-state index contributed by atoms with van der Waals surface area (Å²) in [6.07, 6.45) is 2.31. The molecule has 0 bridgehead atoms. The van der Waals surface area contributed by atoms with Gasteiger partial charge in [-0.05, 0) is 45.8 Å². The SMILES string of the molecule is Cc1cc(C(=O)N2CCOC[C@@](O)(CN3CCCC3)C2)c2c(C)noc2n1. The van der Waals surface area contributed by atoms with Gasteiger partial charge >= 0.3 is 0 Å². The third-order valence-corrected chi connectivity index (χ3v) is 5.34. The van der Waals surface area contributed by atoms with Crippen molar-refractivity contribution in [2.45, 2.75) is 32.3 Å². The normalized spacial score (nSPS) is 24.5. The first-order valence-corrected chi connectivity index (χ1v) is 9.51. The molecule has 2 fully saturated rings. The maximum atomic E-state index is 13.3. The number of carbonyl (C=O) groups is 1. The number of aliphatic hydroxyl groups is 1. The predicted molar refractivity (Wildman–Crippen MR) is 98.6 cm³/mol. The van der Waals surface area contributed by atoms with Gasteiger partial charge in [-0.1, -0.05) is 5.16 Å². The maximum Gasteiger partial charge on any atom is 0.258 e. The summed E-state index contributed by atoms with van der Waals surface area (Å²) in [5.74, 6) is -0.151. The summed E-state index contributed by atoms with van der Waals surface area (Å²) in [6, 6.07) is 1.76. The maximum absolute atomic E-state index is 13.3. The highest BCUT2D eigenvalue weighted by atomic mass is 16.5. The molecule has 0 radical (unpaired) electrons. The predicted octanol–water partition coefficient (Wildman–Crippen LogP) is 1.14. The highest BCUT2D eigenvalue weighted by Crippen LogP contribution is 2.25. The van der Waals surface area contributed by atoms with Crippen LogP contribution < -0.4 is 0 Å². The number of fused-ring (bicyclic) bond motifs is 1. The number of hydrogen-bond donors (Lipinski definition) is 1. The zero-order chi connectivity index (χ0) is 19.0. The van der Waals surface area contributed by atoms with E-state index in [9.17, 15) is 9.90 Å². The minimum atomic E-state index is -1.07.